The number of nitrogens with zero attached hydrogens (tertiary/aromatic N) is 3. The van der Waals surface area contributed by atoms with E-state index in [0.717, 1.165) is 40.1 Å². The zero-order valence-corrected chi connectivity index (χ0v) is 26.2. The number of carbonyl (C=O) groups is 2. The molecule has 5 aromatic rings. The van der Waals surface area contributed by atoms with Gasteiger partial charge in [0.15, 0.2) is 0 Å². The molecule has 1 atom stereocenters. The van der Waals surface area contributed by atoms with Gasteiger partial charge in [-0.15, -0.1) is 0 Å². The standard InChI is InChI=1S/C35H29N5O7S/c41-34(29-17-30(39(43)44)19-31(18-29)40(45)46)37-33(23-48-22-25-6-2-1-3-7-25)35(42)38-36-20-24-11-14-32(15-12-24)47-21-26-10-13-27-8-4-5-9-28(27)16-26/h1-20,33H,21-23H2,(H,37,41)(H,38,42)/b36-20-/t33-/m1/s1. The molecule has 2 amide bonds. The lowest BCUT2D eigenvalue weighted by Crippen LogP contribution is -2.47. The van der Waals surface area contributed by atoms with Crippen LogP contribution in [0.3, 0.4) is 0 Å². The molecule has 0 saturated carbocycles. The molecule has 5 rings (SSSR count). The number of fused-ring (bicyclic) bond motifs is 1. The SMILES string of the molecule is O=C(N[C@H](CSCc1ccccc1)C(=O)N/N=C\c1ccc(OCc2ccc3ccccc3c2)cc1)c1cc([N+](=O)[O-])cc([N+](=O)[O-])c1. The zero-order chi connectivity index (χ0) is 33.9. The third kappa shape index (κ3) is 9.23. The van der Waals surface area contributed by atoms with E-state index in [1.54, 1.807) is 24.3 Å². The number of benzene rings is 5. The van der Waals surface area contributed by atoms with Crippen molar-refractivity contribution in [2.45, 2.75) is 18.4 Å². The number of hydrogen-bond donors (Lipinski definition) is 2. The summed E-state index contributed by atoms with van der Waals surface area (Å²) in [6, 6.07) is 32.4. The first-order valence-electron chi connectivity index (χ1n) is 14.6. The largest absolute Gasteiger partial charge is 0.489 e. The van der Waals surface area contributed by atoms with Crippen LogP contribution in [0, 0.1) is 20.2 Å². The molecule has 242 valence electrons. The van der Waals surface area contributed by atoms with Gasteiger partial charge < -0.3 is 10.1 Å². The number of hydrazone groups is 1. The Labute approximate surface area is 279 Å². The van der Waals surface area contributed by atoms with Crippen molar-refractivity contribution in [2.24, 2.45) is 5.10 Å². The molecular formula is C35H29N5O7S. The first-order valence-corrected chi connectivity index (χ1v) is 15.8. The summed E-state index contributed by atoms with van der Waals surface area (Å²) < 4.78 is 5.92. The summed E-state index contributed by atoms with van der Waals surface area (Å²) in [7, 11) is 0. The van der Waals surface area contributed by atoms with Gasteiger partial charge in [0.1, 0.15) is 18.4 Å². The smallest absolute Gasteiger partial charge is 0.277 e. The quantitative estimate of drug-likeness (QED) is 0.0780. The molecule has 0 aliphatic heterocycles. The Balaban J connectivity index is 1.21. The monoisotopic (exact) mass is 663 g/mol. The van der Waals surface area contributed by atoms with E-state index in [-0.39, 0.29) is 11.3 Å². The van der Waals surface area contributed by atoms with Crippen molar-refractivity contribution >= 4 is 51.9 Å². The zero-order valence-electron chi connectivity index (χ0n) is 25.4. The molecule has 2 N–H and O–H groups in total. The molecule has 0 aliphatic rings. The second-order valence-electron chi connectivity index (χ2n) is 10.6. The fraction of sp³-hybridized carbons (Fsp3) is 0.114. The summed E-state index contributed by atoms with van der Waals surface area (Å²) in [5, 5.41) is 31.5. The summed E-state index contributed by atoms with van der Waals surface area (Å²) in [5.41, 5.74) is 3.58. The number of thioether (sulfide) groups is 1. The third-order valence-electron chi connectivity index (χ3n) is 7.09. The van der Waals surface area contributed by atoms with Crippen molar-refractivity contribution in [3.63, 3.8) is 0 Å². The maximum Gasteiger partial charge on any atom is 0.277 e. The first-order chi connectivity index (χ1) is 23.2. The van der Waals surface area contributed by atoms with Gasteiger partial charge in [-0.3, -0.25) is 29.8 Å². The highest BCUT2D eigenvalue weighted by Crippen LogP contribution is 2.23. The van der Waals surface area contributed by atoms with Crippen molar-refractivity contribution in [1.82, 2.24) is 10.7 Å². The van der Waals surface area contributed by atoms with Gasteiger partial charge in [0, 0.05) is 23.6 Å². The average molecular weight is 664 g/mol. The highest BCUT2D eigenvalue weighted by Gasteiger charge is 2.25. The van der Waals surface area contributed by atoms with Crippen LogP contribution in [0.4, 0.5) is 11.4 Å². The van der Waals surface area contributed by atoms with Crippen LogP contribution in [0.15, 0.2) is 120 Å². The Morgan fingerprint density at radius 3 is 2.15 bits per heavy atom. The van der Waals surface area contributed by atoms with Gasteiger partial charge >= 0.3 is 0 Å². The number of amides is 2. The highest BCUT2D eigenvalue weighted by molar-refractivity contribution is 7.98. The predicted octanol–water partition coefficient (Wildman–Crippen LogP) is 6.42. The number of non-ortho nitro benzene ring substituents is 2. The van der Waals surface area contributed by atoms with Crippen LogP contribution in [-0.2, 0) is 17.2 Å². The molecule has 0 spiro atoms. The van der Waals surface area contributed by atoms with Gasteiger partial charge in [0.2, 0.25) is 0 Å². The van der Waals surface area contributed by atoms with E-state index in [0.29, 0.717) is 23.7 Å². The summed E-state index contributed by atoms with van der Waals surface area (Å²) in [6.07, 6.45) is 1.44. The molecule has 0 unspecified atom stereocenters. The van der Waals surface area contributed by atoms with Crippen LogP contribution in [0.25, 0.3) is 10.8 Å². The number of ether oxygens (including phenoxy) is 1. The highest BCUT2D eigenvalue weighted by atomic mass is 32.2. The Morgan fingerprint density at radius 1 is 0.792 bits per heavy atom. The van der Waals surface area contributed by atoms with E-state index in [1.165, 1.54) is 18.0 Å². The molecular weight excluding hydrogens is 634 g/mol. The third-order valence-corrected chi connectivity index (χ3v) is 8.20. The molecule has 48 heavy (non-hydrogen) atoms. The van der Waals surface area contributed by atoms with Crippen molar-refractivity contribution in [3.8, 4) is 5.75 Å². The van der Waals surface area contributed by atoms with Gasteiger partial charge in [-0.05, 0) is 57.8 Å². The van der Waals surface area contributed by atoms with Gasteiger partial charge in [-0.25, -0.2) is 5.43 Å². The fourth-order valence-electron chi connectivity index (χ4n) is 4.62. The van der Waals surface area contributed by atoms with Gasteiger partial charge in [0.25, 0.3) is 23.2 Å². The minimum absolute atomic E-state index is 0.127. The lowest BCUT2D eigenvalue weighted by atomic mass is 10.1. The summed E-state index contributed by atoms with van der Waals surface area (Å²) >= 11 is 1.37. The summed E-state index contributed by atoms with van der Waals surface area (Å²) in [5.74, 6) is -0.200. The topological polar surface area (TPSA) is 166 Å². The normalized spacial score (nSPS) is 11.6. The minimum atomic E-state index is -1.12. The van der Waals surface area contributed by atoms with Gasteiger partial charge in [0.05, 0.1) is 27.7 Å². The first kappa shape index (κ1) is 33.3. The molecule has 0 radical (unpaired) electrons. The van der Waals surface area contributed by atoms with Crippen molar-refractivity contribution < 1.29 is 24.2 Å². The summed E-state index contributed by atoms with van der Waals surface area (Å²) in [4.78, 5) is 47.2. The Morgan fingerprint density at radius 2 is 1.46 bits per heavy atom. The predicted molar refractivity (Wildman–Crippen MR) is 184 cm³/mol. The molecule has 0 bridgehead atoms. The average Bonchev–Trinajstić information content (AvgIpc) is 3.10. The van der Waals surface area contributed by atoms with E-state index in [1.807, 2.05) is 48.5 Å². The van der Waals surface area contributed by atoms with Crippen molar-refractivity contribution in [1.29, 1.82) is 0 Å². The van der Waals surface area contributed by atoms with Crippen LogP contribution < -0.4 is 15.5 Å². The number of nitro groups is 2. The summed E-state index contributed by atoms with van der Waals surface area (Å²) in [6.45, 7) is 0.396. The number of hydrogen-bond acceptors (Lipinski definition) is 9. The maximum atomic E-state index is 13.2. The maximum absolute atomic E-state index is 13.2. The minimum Gasteiger partial charge on any atom is -0.489 e. The molecule has 12 nitrogen and oxygen atoms in total. The Bertz CT molecular complexity index is 1940. The van der Waals surface area contributed by atoms with Crippen LogP contribution in [-0.4, -0.2) is 39.7 Å². The van der Waals surface area contributed by atoms with E-state index in [9.17, 15) is 29.8 Å². The number of rotatable bonds is 14. The Kier molecular flexibility index (Phi) is 11.1. The van der Waals surface area contributed by atoms with Gasteiger partial charge in [-0.2, -0.15) is 16.9 Å². The van der Waals surface area contributed by atoms with Crippen LogP contribution in [0.1, 0.15) is 27.0 Å². The second-order valence-corrected chi connectivity index (χ2v) is 11.6. The van der Waals surface area contributed by atoms with Gasteiger partial charge in [-0.1, -0.05) is 66.7 Å². The molecule has 0 aliphatic carbocycles. The molecule has 13 heteroatoms. The van der Waals surface area contributed by atoms with E-state index in [2.05, 4.69) is 40.1 Å². The molecule has 0 fully saturated rings. The van der Waals surface area contributed by atoms with Crippen LogP contribution in [0.2, 0.25) is 0 Å². The van der Waals surface area contributed by atoms with Crippen molar-refractivity contribution in [3.05, 3.63) is 158 Å². The number of nitrogens with one attached hydrogen (secondary N) is 2. The molecule has 0 saturated heterocycles. The molecule has 5 aromatic carbocycles. The lowest BCUT2D eigenvalue weighted by molar-refractivity contribution is -0.394. The van der Waals surface area contributed by atoms with Crippen LogP contribution in [0.5, 0.6) is 5.75 Å². The number of carbonyl (C=O) groups excluding carboxylic acids is 2. The number of nitro benzene ring substituents is 2. The second kappa shape index (κ2) is 16.0. The fourth-order valence-corrected chi connectivity index (χ4v) is 5.64. The van der Waals surface area contributed by atoms with Crippen LogP contribution >= 0.6 is 11.8 Å². The van der Waals surface area contributed by atoms with Crippen molar-refractivity contribution in [2.75, 3.05) is 5.75 Å². The van der Waals surface area contributed by atoms with E-state index >= 15 is 0 Å². The lowest BCUT2D eigenvalue weighted by Gasteiger charge is -2.17. The molecule has 0 aromatic heterocycles. The van der Waals surface area contributed by atoms with E-state index in [4.69, 9.17) is 4.74 Å². The molecule has 0 heterocycles. The Hall–Kier alpha value is -6.08. The van der Waals surface area contributed by atoms with E-state index < -0.39 is 39.1 Å².